The average Bonchev–Trinajstić information content (AvgIpc) is 3.46. The lowest BCUT2D eigenvalue weighted by Crippen LogP contribution is -2.30. The van der Waals surface area contributed by atoms with Crippen molar-refractivity contribution in [2.45, 2.75) is 43.5 Å². The van der Waals surface area contributed by atoms with Crippen LogP contribution in [0.3, 0.4) is 0 Å². The van der Waals surface area contributed by atoms with Crippen LogP contribution >= 0.6 is 11.3 Å². The van der Waals surface area contributed by atoms with Crippen LogP contribution in [0, 0.1) is 5.82 Å². The molecule has 4 rings (SSSR count). The maximum Gasteiger partial charge on any atom is 0.286 e. The summed E-state index contributed by atoms with van der Waals surface area (Å²) < 4.78 is 41.0. The monoisotopic (exact) mass is 474 g/mol. The lowest BCUT2D eigenvalue weighted by atomic mass is 10.1. The number of anilines is 1. The van der Waals surface area contributed by atoms with Gasteiger partial charge < -0.3 is 5.32 Å². The Kier molecular flexibility index (Phi) is 6.63. The Labute approximate surface area is 190 Å². The minimum Gasteiger partial charge on any atom is -0.320 e. The number of rotatable bonds is 7. The molecule has 0 aliphatic carbocycles. The smallest absolute Gasteiger partial charge is 0.286 e. The van der Waals surface area contributed by atoms with Gasteiger partial charge in [0, 0.05) is 12.2 Å². The fourth-order valence-corrected chi connectivity index (χ4v) is 6.32. The molecule has 1 N–H and O–H groups in total. The maximum atomic E-state index is 13.3. The highest BCUT2D eigenvalue weighted by Gasteiger charge is 2.38. The Balaban J connectivity index is 1.51. The van der Waals surface area contributed by atoms with Gasteiger partial charge in [0.1, 0.15) is 10.8 Å². The molecule has 168 valence electrons. The zero-order valence-corrected chi connectivity index (χ0v) is 19.1. The van der Waals surface area contributed by atoms with Crippen molar-refractivity contribution in [3.63, 3.8) is 0 Å². The molecule has 10 heteroatoms. The lowest BCUT2D eigenvalue weighted by Gasteiger charge is -2.22. The van der Waals surface area contributed by atoms with Gasteiger partial charge in [-0.25, -0.2) is 12.8 Å². The minimum atomic E-state index is -3.70. The molecule has 2 heterocycles. The molecule has 32 heavy (non-hydrogen) atoms. The van der Waals surface area contributed by atoms with Crippen molar-refractivity contribution in [3.05, 3.63) is 69.9 Å². The van der Waals surface area contributed by atoms with Crippen molar-refractivity contribution < 1.29 is 17.6 Å². The number of sulfonamides is 1. The zero-order chi connectivity index (χ0) is 22.7. The van der Waals surface area contributed by atoms with Crippen LogP contribution in [0.2, 0.25) is 0 Å². The van der Waals surface area contributed by atoms with Gasteiger partial charge in [-0.2, -0.15) is 4.31 Å². The third-order valence-corrected chi connectivity index (χ3v) is 8.24. The Hall–Kier alpha value is -2.69. The summed E-state index contributed by atoms with van der Waals surface area (Å²) in [6, 6.07) is 11.9. The second-order valence-corrected chi connectivity index (χ2v) is 10.5. The number of benzene rings is 2. The molecule has 0 saturated carbocycles. The van der Waals surface area contributed by atoms with Crippen molar-refractivity contribution in [1.82, 2.24) is 14.5 Å². The number of nitrogens with one attached hydrogen (secondary N) is 1. The van der Waals surface area contributed by atoms with Crippen LogP contribution in [0.25, 0.3) is 0 Å². The quantitative estimate of drug-likeness (QED) is 0.548. The minimum absolute atomic E-state index is 0.123. The number of halogens is 1. The van der Waals surface area contributed by atoms with E-state index >= 15 is 0 Å². The van der Waals surface area contributed by atoms with Crippen LogP contribution in [0.4, 0.5) is 10.1 Å². The number of carbonyl (C=O) groups is 1. The van der Waals surface area contributed by atoms with E-state index in [-0.39, 0.29) is 9.90 Å². The molecule has 1 saturated heterocycles. The van der Waals surface area contributed by atoms with Crippen LogP contribution in [0.1, 0.15) is 52.6 Å². The van der Waals surface area contributed by atoms with Gasteiger partial charge in [-0.15, -0.1) is 10.2 Å². The standard InChI is InChI=1S/C22H23FN4O3S2/c1-2-4-15-6-12-18(13-7-15)32(29,30)27-14-3-5-19(27)21-25-26-22(31-21)20(28)24-17-10-8-16(23)9-11-17/h6-13,19H,2-5,14H2,1H3,(H,24,28)/t19-/m1/s1. The molecule has 1 atom stereocenters. The van der Waals surface area contributed by atoms with E-state index in [0.717, 1.165) is 29.7 Å². The van der Waals surface area contributed by atoms with Gasteiger partial charge in [-0.1, -0.05) is 36.8 Å². The number of carbonyl (C=O) groups excluding carboxylic acids is 1. The first-order chi connectivity index (χ1) is 15.4. The molecule has 0 radical (unpaired) electrons. The molecule has 1 aliphatic rings. The van der Waals surface area contributed by atoms with E-state index in [9.17, 15) is 17.6 Å². The van der Waals surface area contributed by atoms with E-state index < -0.39 is 27.8 Å². The Morgan fingerprint density at radius 2 is 1.88 bits per heavy atom. The molecule has 0 unspecified atom stereocenters. The summed E-state index contributed by atoms with van der Waals surface area (Å²) in [6.45, 7) is 2.47. The van der Waals surface area contributed by atoms with Crippen molar-refractivity contribution in [2.75, 3.05) is 11.9 Å². The Morgan fingerprint density at radius 3 is 2.56 bits per heavy atom. The van der Waals surface area contributed by atoms with Crippen molar-refractivity contribution >= 4 is 33.0 Å². The molecule has 2 aromatic carbocycles. The first-order valence-electron chi connectivity index (χ1n) is 10.4. The predicted octanol–water partition coefficient (Wildman–Crippen LogP) is 4.41. The number of hydrogen-bond acceptors (Lipinski definition) is 6. The van der Waals surface area contributed by atoms with E-state index in [2.05, 4.69) is 22.4 Å². The van der Waals surface area contributed by atoms with Gasteiger partial charge in [0.05, 0.1) is 10.9 Å². The summed E-state index contributed by atoms with van der Waals surface area (Å²) in [5, 5.41) is 11.3. The van der Waals surface area contributed by atoms with Crippen LogP contribution in [-0.4, -0.2) is 35.4 Å². The highest BCUT2D eigenvalue weighted by molar-refractivity contribution is 7.89. The molecule has 1 aromatic heterocycles. The zero-order valence-electron chi connectivity index (χ0n) is 17.5. The highest BCUT2D eigenvalue weighted by Crippen LogP contribution is 2.37. The number of aryl methyl sites for hydroxylation is 1. The molecule has 0 spiro atoms. The van der Waals surface area contributed by atoms with Gasteiger partial charge >= 0.3 is 0 Å². The fourth-order valence-electron chi connectivity index (χ4n) is 3.71. The van der Waals surface area contributed by atoms with Crippen LogP contribution in [0.5, 0.6) is 0 Å². The topological polar surface area (TPSA) is 92.3 Å². The Bertz CT molecular complexity index is 1190. The van der Waals surface area contributed by atoms with E-state index in [1.807, 2.05) is 12.1 Å². The molecule has 0 bridgehead atoms. The van der Waals surface area contributed by atoms with E-state index in [1.54, 1.807) is 12.1 Å². The average molecular weight is 475 g/mol. The third-order valence-electron chi connectivity index (χ3n) is 5.29. The van der Waals surface area contributed by atoms with Crippen LogP contribution in [-0.2, 0) is 16.4 Å². The third kappa shape index (κ3) is 4.72. The largest absolute Gasteiger partial charge is 0.320 e. The summed E-state index contributed by atoms with van der Waals surface area (Å²) in [4.78, 5) is 12.7. The van der Waals surface area contributed by atoms with Crippen molar-refractivity contribution in [2.24, 2.45) is 0 Å². The summed E-state index contributed by atoms with van der Waals surface area (Å²) in [5.74, 6) is -0.872. The van der Waals surface area contributed by atoms with Gasteiger partial charge in [0.15, 0.2) is 0 Å². The summed E-state index contributed by atoms with van der Waals surface area (Å²) in [5.41, 5.74) is 1.54. The molecule has 1 aliphatic heterocycles. The second-order valence-electron chi connectivity index (χ2n) is 7.57. The number of aromatic nitrogens is 2. The SMILES string of the molecule is CCCc1ccc(S(=O)(=O)N2CCC[C@@H]2c2nnc(C(=O)Nc3ccc(F)cc3)s2)cc1. The lowest BCUT2D eigenvalue weighted by molar-refractivity contribution is 0.102. The molecule has 3 aromatic rings. The molecular weight excluding hydrogens is 451 g/mol. The maximum absolute atomic E-state index is 13.3. The van der Waals surface area contributed by atoms with Crippen LogP contribution < -0.4 is 5.32 Å². The number of nitrogens with zero attached hydrogens (tertiary/aromatic N) is 3. The number of amides is 1. The summed E-state index contributed by atoms with van der Waals surface area (Å²) >= 11 is 1.07. The summed E-state index contributed by atoms with van der Waals surface area (Å²) in [7, 11) is -3.70. The second kappa shape index (κ2) is 9.43. The van der Waals surface area contributed by atoms with E-state index in [0.29, 0.717) is 30.1 Å². The Morgan fingerprint density at radius 1 is 1.16 bits per heavy atom. The summed E-state index contributed by atoms with van der Waals surface area (Å²) in [6.07, 6.45) is 3.21. The molecule has 1 fully saturated rings. The molecule has 7 nitrogen and oxygen atoms in total. The van der Waals surface area contributed by atoms with Gasteiger partial charge in [0.25, 0.3) is 5.91 Å². The highest BCUT2D eigenvalue weighted by atomic mass is 32.2. The van der Waals surface area contributed by atoms with Gasteiger partial charge in [-0.05, 0) is 61.2 Å². The van der Waals surface area contributed by atoms with E-state index in [4.69, 9.17) is 0 Å². The normalized spacial score (nSPS) is 16.9. The van der Waals surface area contributed by atoms with Crippen molar-refractivity contribution in [1.29, 1.82) is 0 Å². The fraction of sp³-hybridized carbons (Fsp3) is 0.318. The first-order valence-corrected chi connectivity index (χ1v) is 12.6. The number of hydrogen-bond donors (Lipinski definition) is 1. The van der Waals surface area contributed by atoms with Gasteiger partial charge in [-0.3, -0.25) is 4.79 Å². The van der Waals surface area contributed by atoms with Gasteiger partial charge in [0.2, 0.25) is 15.0 Å². The molecular formula is C22H23FN4O3S2. The van der Waals surface area contributed by atoms with E-state index in [1.165, 1.54) is 28.6 Å². The van der Waals surface area contributed by atoms with Crippen molar-refractivity contribution in [3.8, 4) is 0 Å². The molecule has 1 amide bonds. The predicted molar refractivity (Wildman–Crippen MR) is 121 cm³/mol. The first kappa shape index (κ1) is 22.5. The van der Waals surface area contributed by atoms with Crippen LogP contribution in [0.15, 0.2) is 53.4 Å².